The van der Waals surface area contributed by atoms with Gasteiger partial charge in [0, 0.05) is 23.2 Å². The summed E-state index contributed by atoms with van der Waals surface area (Å²) in [6.45, 7) is 3.75. The fourth-order valence-electron chi connectivity index (χ4n) is 1.91. The Balaban J connectivity index is 2.13. The molecule has 0 fully saturated rings. The highest BCUT2D eigenvalue weighted by molar-refractivity contribution is 6.30. The molecule has 6 nitrogen and oxygen atoms in total. The molecule has 24 heavy (non-hydrogen) atoms. The number of aromatic nitrogens is 1. The number of nitrogens with zero attached hydrogens (tertiary/aromatic N) is 1. The normalized spacial score (nSPS) is 10.5. The maximum atomic E-state index is 12.1. The van der Waals surface area contributed by atoms with Crippen molar-refractivity contribution in [3.63, 3.8) is 0 Å². The molecule has 0 radical (unpaired) electrons. The van der Waals surface area contributed by atoms with E-state index in [1.54, 1.807) is 26.0 Å². The van der Waals surface area contributed by atoms with Gasteiger partial charge in [-0.15, -0.1) is 0 Å². The van der Waals surface area contributed by atoms with Crippen LogP contribution in [0.2, 0.25) is 5.02 Å². The van der Waals surface area contributed by atoms with Gasteiger partial charge in [0.15, 0.2) is 0 Å². The Morgan fingerprint density at radius 3 is 2.38 bits per heavy atom. The zero-order chi connectivity index (χ0) is 17.7. The summed E-state index contributed by atoms with van der Waals surface area (Å²) in [6, 6.07) is 9.82. The van der Waals surface area contributed by atoms with E-state index in [1.807, 2.05) is 12.1 Å². The van der Waals surface area contributed by atoms with Gasteiger partial charge >= 0.3 is 0 Å². The summed E-state index contributed by atoms with van der Waals surface area (Å²) in [5, 5.41) is 0.611. The summed E-state index contributed by atoms with van der Waals surface area (Å²) in [7, 11) is 0. The minimum atomic E-state index is -0.492. The number of halogens is 1. The lowest BCUT2D eigenvalue weighted by Gasteiger charge is -2.11. The Hall–Kier alpha value is -2.60. The molecule has 126 valence electrons. The average molecular weight is 348 g/mol. The van der Waals surface area contributed by atoms with Crippen molar-refractivity contribution in [1.82, 2.24) is 15.4 Å². The Kier molecular flexibility index (Phi) is 5.76. The minimum Gasteiger partial charge on any atom is -0.310 e. The predicted octanol–water partition coefficient (Wildman–Crippen LogP) is 1.97. The van der Waals surface area contributed by atoms with Crippen LogP contribution in [0.5, 0.6) is 0 Å². The van der Waals surface area contributed by atoms with Crippen LogP contribution < -0.4 is 16.4 Å². The van der Waals surface area contributed by atoms with E-state index in [1.165, 1.54) is 22.9 Å². The number of carbonyl (C=O) groups is 2. The molecule has 0 saturated carbocycles. The Morgan fingerprint density at radius 1 is 1.08 bits per heavy atom. The van der Waals surface area contributed by atoms with E-state index in [-0.39, 0.29) is 22.9 Å². The van der Waals surface area contributed by atoms with Crippen LogP contribution >= 0.6 is 11.6 Å². The van der Waals surface area contributed by atoms with E-state index < -0.39 is 5.91 Å². The van der Waals surface area contributed by atoms with Crippen molar-refractivity contribution in [3.05, 3.63) is 69.1 Å². The molecule has 1 aromatic heterocycles. The zero-order valence-corrected chi connectivity index (χ0v) is 14.1. The van der Waals surface area contributed by atoms with Gasteiger partial charge in [0.2, 0.25) is 5.91 Å². The van der Waals surface area contributed by atoms with Gasteiger partial charge in [-0.2, -0.15) is 0 Å². The quantitative estimate of drug-likeness (QED) is 0.830. The molecule has 1 aromatic carbocycles. The lowest BCUT2D eigenvalue weighted by Crippen LogP contribution is -2.43. The molecule has 0 saturated heterocycles. The van der Waals surface area contributed by atoms with Crippen molar-refractivity contribution in [2.45, 2.75) is 20.4 Å². The Bertz CT molecular complexity index is 797. The fourth-order valence-corrected chi connectivity index (χ4v) is 2.04. The first-order valence-corrected chi connectivity index (χ1v) is 7.80. The highest BCUT2D eigenvalue weighted by Gasteiger charge is 2.11. The molecule has 0 aliphatic heterocycles. The standard InChI is InChI=1S/C17H18ClN3O3/c1-11(2)16(23)19-20-17(24)13-5-8-15(22)21(10-13)9-12-3-6-14(18)7-4-12/h3-8,10-11H,9H2,1-2H3,(H,19,23)(H,20,24). The summed E-state index contributed by atoms with van der Waals surface area (Å²) < 4.78 is 1.42. The topological polar surface area (TPSA) is 80.2 Å². The van der Waals surface area contributed by atoms with Gasteiger partial charge < -0.3 is 4.57 Å². The highest BCUT2D eigenvalue weighted by atomic mass is 35.5. The van der Waals surface area contributed by atoms with Crippen molar-refractivity contribution in [2.75, 3.05) is 0 Å². The lowest BCUT2D eigenvalue weighted by atomic mass is 10.2. The van der Waals surface area contributed by atoms with E-state index in [4.69, 9.17) is 11.6 Å². The molecular formula is C17H18ClN3O3. The Labute approximate surface area is 144 Å². The van der Waals surface area contributed by atoms with Gasteiger partial charge in [-0.1, -0.05) is 37.6 Å². The second kappa shape index (κ2) is 7.79. The van der Waals surface area contributed by atoms with Gasteiger partial charge in [-0.05, 0) is 23.8 Å². The summed E-state index contributed by atoms with van der Waals surface area (Å²) >= 11 is 5.84. The van der Waals surface area contributed by atoms with Crippen LogP contribution in [0.4, 0.5) is 0 Å². The predicted molar refractivity (Wildman–Crippen MR) is 91.7 cm³/mol. The molecule has 2 rings (SSSR count). The molecule has 0 atom stereocenters. The summed E-state index contributed by atoms with van der Waals surface area (Å²) in [5.74, 6) is -1.03. The molecular weight excluding hydrogens is 330 g/mol. The van der Waals surface area contributed by atoms with Crippen molar-refractivity contribution in [3.8, 4) is 0 Å². The number of hydrogen-bond donors (Lipinski definition) is 2. The third kappa shape index (κ3) is 4.70. The van der Waals surface area contributed by atoms with Crippen molar-refractivity contribution in [1.29, 1.82) is 0 Å². The van der Waals surface area contributed by atoms with Crippen molar-refractivity contribution < 1.29 is 9.59 Å². The van der Waals surface area contributed by atoms with Crippen LogP contribution in [-0.4, -0.2) is 16.4 Å². The molecule has 2 amide bonds. The molecule has 0 bridgehead atoms. The largest absolute Gasteiger partial charge is 0.310 e. The number of rotatable bonds is 4. The number of hydrazine groups is 1. The molecule has 0 aliphatic carbocycles. The van der Waals surface area contributed by atoms with Crippen LogP contribution in [0.15, 0.2) is 47.4 Å². The van der Waals surface area contributed by atoms with Crippen LogP contribution in [-0.2, 0) is 11.3 Å². The number of carbonyl (C=O) groups excluding carboxylic acids is 2. The first kappa shape index (κ1) is 17.7. The lowest BCUT2D eigenvalue weighted by molar-refractivity contribution is -0.124. The molecule has 1 heterocycles. The number of pyridine rings is 1. The average Bonchev–Trinajstić information content (AvgIpc) is 2.56. The number of benzene rings is 1. The van der Waals surface area contributed by atoms with E-state index in [0.29, 0.717) is 11.6 Å². The van der Waals surface area contributed by atoms with E-state index >= 15 is 0 Å². The van der Waals surface area contributed by atoms with Gasteiger partial charge in [0.25, 0.3) is 11.5 Å². The van der Waals surface area contributed by atoms with E-state index in [9.17, 15) is 14.4 Å². The monoisotopic (exact) mass is 347 g/mol. The number of hydrogen-bond acceptors (Lipinski definition) is 3. The van der Waals surface area contributed by atoms with Crippen LogP contribution in [0.1, 0.15) is 29.8 Å². The van der Waals surface area contributed by atoms with Crippen LogP contribution in [0, 0.1) is 5.92 Å². The molecule has 7 heteroatoms. The van der Waals surface area contributed by atoms with Crippen molar-refractivity contribution in [2.24, 2.45) is 5.92 Å². The Morgan fingerprint density at radius 2 is 1.75 bits per heavy atom. The van der Waals surface area contributed by atoms with E-state index in [0.717, 1.165) is 5.56 Å². The second-order valence-corrected chi connectivity index (χ2v) is 6.04. The van der Waals surface area contributed by atoms with Crippen molar-refractivity contribution >= 4 is 23.4 Å². The SMILES string of the molecule is CC(C)C(=O)NNC(=O)c1ccc(=O)n(Cc2ccc(Cl)cc2)c1. The fraction of sp³-hybridized carbons (Fsp3) is 0.235. The van der Waals surface area contributed by atoms with Gasteiger partial charge in [0.05, 0.1) is 12.1 Å². The van der Waals surface area contributed by atoms with Crippen LogP contribution in [0.3, 0.4) is 0 Å². The van der Waals surface area contributed by atoms with Gasteiger partial charge in [-0.3, -0.25) is 25.2 Å². The van der Waals surface area contributed by atoms with Gasteiger partial charge in [-0.25, -0.2) is 0 Å². The van der Waals surface area contributed by atoms with Crippen LogP contribution in [0.25, 0.3) is 0 Å². The first-order chi connectivity index (χ1) is 11.4. The number of amides is 2. The molecule has 2 aromatic rings. The first-order valence-electron chi connectivity index (χ1n) is 7.42. The molecule has 0 unspecified atom stereocenters. The maximum absolute atomic E-state index is 12.1. The zero-order valence-electron chi connectivity index (χ0n) is 13.4. The molecule has 2 N–H and O–H groups in total. The third-order valence-corrected chi connectivity index (χ3v) is 3.59. The van der Waals surface area contributed by atoms with E-state index in [2.05, 4.69) is 10.9 Å². The highest BCUT2D eigenvalue weighted by Crippen LogP contribution is 2.10. The van der Waals surface area contributed by atoms with Gasteiger partial charge in [0.1, 0.15) is 0 Å². The smallest absolute Gasteiger partial charge is 0.271 e. The second-order valence-electron chi connectivity index (χ2n) is 5.61. The summed E-state index contributed by atoms with van der Waals surface area (Å²) in [4.78, 5) is 35.5. The third-order valence-electron chi connectivity index (χ3n) is 3.34. The molecule has 0 aliphatic rings. The number of nitrogens with one attached hydrogen (secondary N) is 2. The summed E-state index contributed by atoms with van der Waals surface area (Å²) in [5.41, 5.74) is 5.58. The maximum Gasteiger partial charge on any atom is 0.271 e. The minimum absolute atomic E-state index is 0.229. The summed E-state index contributed by atoms with van der Waals surface area (Å²) in [6.07, 6.45) is 1.45. The molecule has 0 spiro atoms.